The van der Waals surface area contributed by atoms with Gasteiger partial charge in [-0.3, -0.25) is 4.79 Å². The van der Waals surface area contributed by atoms with E-state index in [1.807, 2.05) is 14.0 Å². The van der Waals surface area contributed by atoms with Gasteiger partial charge >= 0.3 is 0 Å². The maximum atomic E-state index is 12.3. The molecule has 1 aromatic rings. The monoisotopic (exact) mass is 249 g/mol. The average Bonchev–Trinajstić information content (AvgIpc) is 2.68. The molecule has 1 atom stereocenters. The van der Waals surface area contributed by atoms with Crippen molar-refractivity contribution in [2.75, 3.05) is 13.1 Å². The zero-order valence-corrected chi connectivity index (χ0v) is 11.5. The van der Waals surface area contributed by atoms with E-state index >= 15 is 0 Å². The van der Waals surface area contributed by atoms with Crippen LogP contribution in [-0.4, -0.2) is 23.6 Å². The van der Waals surface area contributed by atoms with Crippen LogP contribution in [0.2, 0.25) is 0 Å². The van der Waals surface area contributed by atoms with E-state index in [9.17, 15) is 4.79 Å². The Labute approximate surface area is 109 Å². The Morgan fingerprint density at radius 1 is 1.56 bits per heavy atom. The van der Waals surface area contributed by atoms with Crippen molar-refractivity contribution in [3.63, 3.8) is 0 Å². The van der Waals surface area contributed by atoms with Crippen LogP contribution in [0.3, 0.4) is 0 Å². The summed E-state index contributed by atoms with van der Waals surface area (Å²) in [7, 11) is 2.03. The van der Waals surface area contributed by atoms with Crippen molar-refractivity contribution in [3.8, 4) is 0 Å². The Hall–Kier alpha value is -1.29. The van der Waals surface area contributed by atoms with Gasteiger partial charge in [0.1, 0.15) is 0 Å². The molecule has 0 spiro atoms. The molecule has 1 aromatic heterocycles. The number of hydrogen-bond donors (Lipinski definition) is 2. The zero-order valence-electron chi connectivity index (χ0n) is 11.5. The predicted molar refractivity (Wildman–Crippen MR) is 72.2 cm³/mol. The molecule has 1 unspecified atom stereocenters. The molecule has 1 aliphatic rings. The van der Waals surface area contributed by atoms with Crippen molar-refractivity contribution in [2.45, 2.75) is 33.2 Å². The van der Waals surface area contributed by atoms with E-state index in [0.29, 0.717) is 6.54 Å². The number of aromatic nitrogens is 1. The number of nitrogens with zero attached hydrogens (tertiary/aromatic N) is 1. The molecule has 18 heavy (non-hydrogen) atoms. The lowest BCUT2D eigenvalue weighted by atomic mass is 9.82. The van der Waals surface area contributed by atoms with Gasteiger partial charge in [0.05, 0.1) is 12.0 Å². The average molecular weight is 249 g/mol. The minimum Gasteiger partial charge on any atom is -0.350 e. The summed E-state index contributed by atoms with van der Waals surface area (Å²) in [6, 6.07) is 4.14. The molecule has 2 heterocycles. The van der Waals surface area contributed by atoms with Crippen LogP contribution in [0.5, 0.6) is 0 Å². The number of amides is 1. The molecule has 0 aliphatic carbocycles. The summed E-state index contributed by atoms with van der Waals surface area (Å²) in [5, 5.41) is 6.37. The van der Waals surface area contributed by atoms with Gasteiger partial charge in [0.2, 0.25) is 5.91 Å². The first-order valence-electron chi connectivity index (χ1n) is 6.63. The second-order valence-corrected chi connectivity index (χ2v) is 5.55. The molecule has 2 rings (SSSR count). The quantitative estimate of drug-likeness (QED) is 0.849. The van der Waals surface area contributed by atoms with E-state index in [2.05, 4.69) is 34.3 Å². The Kier molecular flexibility index (Phi) is 3.76. The maximum absolute atomic E-state index is 12.3. The molecule has 1 amide bonds. The molecule has 2 N–H and O–H groups in total. The van der Waals surface area contributed by atoms with Crippen molar-refractivity contribution in [1.82, 2.24) is 15.2 Å². The van der Waals surface area contributed by atoms with Gasteiger partial charge in [-0.25, -0.2) is 0 Å². The molecule has 4 heteroatoms. The Balaban J connectivity index is 1.93. The molecule has 0 radical (unpaired) electrons. The third kappa shape index (κ3) is 2.58. The van der Waals surface area contributed by atoms with Crippen molar-refractivity contribution in [3.05, 3.63) is 23.5 Å². The fraction of sp³-hybridized carbons (Fsp3) is 0.643. The van der Waals surface area contributed by atoms with Crippen LogP contribution in [-0.2, 0) is 18.4 Å². The highest BCUT2D eigenvalue weighted by Gasteiger charge is 2.34. The van der Waals surface area contributed by atoms with E-state index in [4.69, 9.17) is 0 Å². The summed E-state index contributed by atoms with van der Waals surface area (Å²) in [4.78, 5) is 12.3. The second kappa shape index (κ2) is 5.14. The van der Waals surface area contributed by atoms with Gasteiger partial charge in [-0.2, -0.15) is 0 Å². The van der Waals surface area contributed by atoms with Gasteiger partial charge in [0, 0.05) is 25.0 Å². The molecular formula is C14H23N3O. The largest absolute Gasteiger partial charge is 0.350 e. The molecule has 0 bridgehead atoms. The fourth-order valence-electron chi connectivity index (χ4n) is 2.48. The Bertz CT molecular complexity index is 430. The van der Waals surface area contributed by atoms with E-state index in [0.717, 1.165) is 31.6 Å². The fourth-order valence-corrected chi connectivity index (χ4v) is 2.48. The standard InChI is InChI=1S/C14H23N3O/c1-11-5-6-12(17(11)3)9-16-13(18)14(2)7-4-8-15-10-14/h5-6,15H,4,7-10H2,1-3H3,(H,16,18). The SMILES string of the molecule is Cc1ccc(CNC(=O)C2(C)CCCNC2)n1C. The van der Waals surface area contributed by atoms with Crippen molar-refractivity contribution in [2.24, 2.45) is 12.5 Å². The zero-order chi connectivity index (χ0) is 13.2. The number of piperidine rings is 1. The minimum absolute atomic E-state index is 0.161. The maximum Gasteiger partial charge on any atom is 0.227 e. The van der Waals surface area contributed by atoms with E-state index in [1.165, 1.54) is 5.69 Å². The Morgan fingerprint density at radius 2 is 2.33 bits per heavy atom. The molecule has 1 saturated heterocycles. The summed E-state index contributed by atoms with van der Waals surface area (Å²) < 4.78 is 2.11. The number of aryl methyl sites for hydroxylation is 1. The van der Waals surface area contributed by atoms with Crippen LogP contribution in [0.25, 0.3) is 0 Å². The van der Waals surface area contributed by atoms with Crippen molar-refractivity contribution < 1.29 is 4.79 Å². The normalized spacial score (nSPS) is 23.9. The minimum atomic E-state index is -0.252. The number of rotatable bonds is 3. The van der Waals surface area contributed by atoms with E-state index < -0.39 is 0 Å². The highest BCUT2D eigenvalue weighted by molar-refractivity contribution is 5.82. The van der Waals surface area contributed by atoms with Crippen molar-refractivity contribution >= 4 is 5.91 Å². The van der Waals surface area contributed by atoms with Gasteiger partial charge in [-0.15, -0.1) is 0 Å². The van der Waals surface area contributed by atoms with E-state index in [1.54, 1.807) is 0 Å². The third-order valence-electron chi connectivity index (χ3n) is 4.05. The first-order valence-corrected chi connectivity index (χ1v) is 6.63. The lowest BCUT2D eigenvalue weighted by Gasteiger charge is -2.32. The van der Waals surface area contributed by atoms with Crippen LogP contribution >= 0.6 is 0 Å². The molecule has 100 valence electrons. The van der Waals surface area contributed by atoms with Gasteiger partial charge in [0.15, 0.2) is 0 Å². The van der Waals surface area contributed by atoms with Gasteiger partial charge in [-0.05, 0) is 45.4 Å². The summed E-state index contributed by atoms with van der Waals surface area (Å²) >= 11 is 0. The second-order valence-electron chi connectivity index (χ2n) is 5.55. The van der Waals surface area contributed by atoms with Gasteiger partial charge in [0.25, 0.3) is 0 Å². The molecule has 4 nitrogen and oxygen atoms in total. The topological polar surface area (TPSA) is 46.1 Å². The first kappa shape index (κ1) is 13.1. The Morgan fingerprint density at radius 3 is 2.89 bits per heavy atom. The van der Waals surface area contributed by atoms with Crippen LogP contribution in [0, 0.1) is 12.3 Å². The molecule has 0 saturated carbocycles. The summed E-state index contributed by atoms with van der Waals surface area (Å²) in [6.45, 7) is 6.53. The van der Waals surface area contributed by atoms with Crippen LogP contribution < -0.4 is 10.6 Å². The number of carbonyl (C=O) groups excluding carboxylic acids is 1. The smallest absolute Gasteiger partial charge is 0.227 e. The highest BCUT2D eigenvalue weighted by atomic mass is 16.2. The summed E-state index contributed by atoms with van der Waals surface area (Å²) in [5.74, 6) is 0.161. The molecule has 1 aliphatic heterocycles. The van der Waals surface area contributed by atoms with Gasteiger partial charge in [-0.1, -0.05) is 0 Å². The molecular weight excluding hydrogens is 226 g/mol. The number of nitrogens with one attached hydrogen (secondary N) is 2. The molecule has 1 fully saturated rings. The van der Waals surface area contributed by atoms with Crippen LogP contribution in [0.15, 0.2) is 12.1 Å². The lowest BCUT2D eigenvalue weighted by Crippen LogP contribution is -2.48. The predicted octanol–water partition coefficient (Wildman–Crippen LogP) is 1.34. The van der Waals surface area contributed by atoms with Gasteiger partial charge < -0.3 is 15.2 Å². The summed E-state index contributed by atoms with van der Waals surface area (Å²) in [5.41, 5.74) is 2.11. The molecule has 0 aromatic carbocycles. The number of hydrogen-bond acceptors (Lipinski definition) is 2. The van der Waals surface area contributed by atoms with Crippen molar-refractivity contribution in [1.29, 1.82) is 0 Å². The number of carbonyl (C=O) groups is 1. The van der Waals surface area contributed by atoms with Crippen LogP contribution in [0.4, 0.5) is 0 Å². The first-order chi connectivity index (χ1) is 8.53. The lowest BCUT2D eigenvalue weighted by molar-refractivity contribution is -0.131. The van der Waals surface area contributed by atoms with E-state index in [-0.39, 0.29) is 11.3 Å². The third-order valence-corrected chi connectivity index (χ3v) is 4.05. The highest BCUT2D eigenvalue weighted by Crippen LogP contribution is 2.25. The summed E-state index contributed by atoms with van der Waals surface area (Å²) in [6.07, 6.45) is 2.05. The van der Waals surface area contributed by atoms with Crippen LogP contribution in [0.1, 0.15) is 31.2 Å².